The SMILES string of the molecule is COc1ccc(NC(=O)/C(C#N)=C\NC2CCCCC2)cc1. The topological polar surface area (TPSA) is 74.1 Å². The molecule has 1 aromatic carbocycles. The van der Waals surface area contributed by atoms with Crippen LogP contribution in [-0.2, 0) is 4.79 Å². The predicted octanol–water partition coefficient (Wildman–Crippen LogP) is 2.96. The first-order valence-corrected chi connectivity index (χ1v) is 7.54. The van der Waals surface area contributed by atoms with Crippen LogP contribution < -0.4 is 15.4 Å². The van der Waals surface area contributed by atoms with Crippen LogP contribution in [0.4, 0.5) is 5.69 Å². The molecule has 0 heterocycles. The number of carbonyl (C=O) groups is 1. The highest BCUT2D eigenvalue weighted by Crippen LogP contribution is 2.18. The molecule has 22 heavy (non-hydrogen) atoms. The molecule has 0 atom stereocenters. The number of nitrogens with zero attached hydrogens (tertiary/aromatic N) is 1. The van der Waals surface area contributed by atoms with Gasteiger partial charge in [0, 0.05) is 17.9 Å². The van der Waals surface area contributed by atoms with Crippen LogP contribution in [0.1, 0.15) is 32.1 Å². The Hall–Kier alpha value is -2.48. The van der Waals surface area contributed by atoms with Gasteiger partial charge in [-0.25, -0.2) is 0 Å². The van der Waals surface area contributed by atoms with Gasteiger partial charge in [0.15, 0.2) is 0 Å². The Balaban J connectivity index is 1.94. The summed E-state index contributed by atoms with van der Waals surface area (Å²) >= 11 is 0. The molecule has 0 bridgehead atoms. The first-order chi connectivity index (χ1) is 10.7. The van der Waals surface area contributed by atoms with Gasteiger partial charge in [-0.3, -0.25) is 4.79 Å². The lowest BCUT2D eigenvalue weighted by molar-refractivity contribution is -0.112. The molecule has 0 saturated heterocycles. The van der Waals surface area contributed by atoms with E-state index in [1.165, 1.54) is 25.5 Å². The van der Waals surface area contributed by atoms with Crippen LogP contribution in [0.15, 0.2) is 36.0 Å². The van der Waals surface area contributed by atoms with Gasteiger partial charge in [-0.1, -0.05) is 19.3 Å². The van der Waals surface area contributed by atoms with Gasteiger partial charge in [-0.05, 0) is 37.1 Å². The first kappa shape index (κ1) is 15.9. The molecular weight excluding hydrogens is 278 g/mol. The van der Waals surface area contributed by atoms with Gasteiger partial charge in [0.05, 0.1) is 7.11 Å². The number of nitriles is 1. The Morgan fingerprint density at radius 2 is 1.95 bits per heavy atom. The van der Waals surface area contributed by atoms with E-state index in [9.17, 15) is 4.79 Å². The predicted molar refractivity (Wildman–Crippen MR) is 85.3 cm³/mol. The monoisotopic (exact) mass is 299 g/mol. The van der Waals surface area contributed by atoms with Crippen molar-refractivity contribution in [3.63, 3.8) is 0 Å². The Kier molecular flexibility index (Phi) is 5.84. The van der Waals surface area contributed by atoms with Crippen molar-refractivity contribution < 1.29 is 9.53 Å². The van der Waals surface area contributed by atoms with Crippen LogP contribution in [0.5, 0.6) is 5.75 Å². The van der Waals surface area contributed by atoms with Crippen molar-refractivity contribution in [1.29, 1.82) is 5.26 Å². The number of carbonyl (C=O) groups excluding carboxylic acids is 1. The van der Waals surface area contributed by atoms with Crippen LogP contribution in [0.3, 0.4) is 0 Å². The third kappa shape index (κ3) is 4.52. The Bertz CT molecular complexity index is 567. The largest absolute Gasteiger partial charge is 0.497 e. The minimum Gasteiger partial charge on any atom is -0.497 e. The normalized spacial score (nSPS) is 15.7. The zero-order chi connectivity index (χ0) is 15.8. The highest BCUT2D eigenvalue weighted by molar-refractivity contribution is 6.06. The zero-order valence-electron chi connectivity index (χ0n) is 12.8. The molecular formula is C17H21N3O2. The number of hydrogen-bond donors (Lipinski definition) is 2. The van der Waals surface area contributed by atoms with Crippen molar-refractivity contribution >= 4 is 11.6 Å². The molecule has 0 spiro atoms. The highest BCUT2D eigenvalue weighted by atomic mass is 16.5. The number of rotatable bonds is 5. The molecule has 1 saturated carbocycles. The summed E-state index contributed by atoms with van der Waals surface area (Å²) < 4.78 is 5.06. The van der Waals surface area contributed by atoms with Gasteiger partial charge in [0.25, 0.3) is 5.91 Å². The molecule has 2 N–H and O–H groups in total. The van der Waals surface area contributed by atoms with E-state index in [2.05, 4.69) is 10.6 Å². The second kappa shape index (κ2) is 8.08. The van der Waals surface area contributed by atoms with E-state index >= 15 is 0 Å². The second-order valence-corrected chi connectivity index (χ2v) is 5.35. The summed E-state index contributed by atoms with van der Waals surface area (Å²) in [5, 5.41) is 15.0. The van der Waals surface area contributed by atoms with Gasteiger partial charge >= 0.3 is 0 Å². The smallest absolute Gasteiger partial charge is 0.267 e. The maximum absolute atomic E-state index is 12.1. The van der Waals surface area contributed by atoms with Crippen LogP contribution in [0, 0.1) is 11.3 Å². The summed E-state index contributed by atoms with van der Waals surface area (Å²) in [6.07, 6.45) is 7.39. The lowest BCUT2D eigenvalue weighted by atomic mass is 9.96. The van der Waals surface area contributed by atoms with Gasteiger partial charge in [0.2, 0.25) is 0 Å². The Morgan fingerprint density at radius 1 is 1.27 bits per heavy atom. The maximum Gasteiger partial charge on any atom is 0.267 e. The second-order valence-electron chi connectivity index (χ2n) is 5.35. The quantitative estimate of drug-likeness (QED) is 0.647. The average Bonchev–Trinajstić information content (AvgIpc) is 2.57. The summed E-state index contributed by atoms with van der Waals surface area (Å²) in [5.41, 5.74) is 0.714. The van der Waals surface area contributed by atoms with Crippen molar-refractivity contribution in [1.82, 2.24) is 5.32 Å². The summed E-state index contributed by atoms with van der Waals surface area (Å²) in [6.45, 7) is 0. The molecule has 1 aliphatic carbocycles. The Labute approximate surface area is 131 Å². The average molecular weight is 299 g/mol. The van der Waals surface area contributed by atoms with E-state index in [-0.39, 0.29) is 5.57 Å². The molecule has 1 amide bonds. The molecule has 1 fully saturated rings. The number of nitrogens with one attached hydrogen (secondary N) is 2. The fourth-order valence-electron chi connectivity index (χ4n) is 2.49. The minimum atomic E-state index is -0.407. The van der Waals surface area contributed by atoms with Crippen molar-refractivity contribution in [2.75, 3.05) is 12.4 Å². The number of methoxy groups -OCH3 is 1. The van der Waals surface area contributed by atoms with E-state index < -0.39 is 5.91 Å². The van der Waals surface area contributed by atoms with Crippen molar-refractivity contribution in [2.24, 2.45) is 0 Å². The lowest BCUT2D eigenvalue weighted by Crippen LogP contribution is -2.28. The van der Waals surface area contributed by atoms with Crippen LogP contribution >= 0.6 is 0 Å². The Morgan fingerprint density at radius 3 is 2.55 bits per heavy atom. The van der Waals surface area contributed by atoms with E-state index in [0.29, 0.717) is 17.5 Å². The third-order valence-electron chi connectivity index (χ3n) is 3.78. The summed E-state index contributed by atoms with van der Waals surface area (Å²) in [6, 6.07) is 9.30. The molecule has 0 aliphatic heterocycles. The van der Waals surface area contributed by atoms with Crippen molar-refractivity contribution in [3.05, 3.63) is 36.0 Å². The fourth-order valence-corrected chi connectivity index (χ4v) is 2.49. The van der Waals surface area contributed by atoms with Gasteiger partial charge in [-0.15, -0.1) is 0 Å². The number of ether oxygens (including phenoxy) is 1. The van der Waals surface area contributed by atoms with E-state index in [4.69, 9.17) is 10.00 Å². The number of amides is 1. The number of hydrogen-bond acceptors (Lipinski definition) is 4. The highest BCUT2D eigenvalue weighted by Gasteiger charge is 2.14. The summed E-state index contributed by atoms with van der Waals surface area (Å²) in [7, 11) is 1.58. The molecule has 2 rings (SSSR count). The van der Waals surface area contributed by atoms with Gasteiger partial charge < -0.3 is 15.4 Å². The molecule has 0 unspecified atom stereocenters. The lowest BCUT2D eigenvalue weighted by Gasteiger charge is -2.21. The van der Waals surface area contributed by atoms with Crippen molar-refractivity contribution in [2.45, 2.75) is 38.1 Å². The summed E-state index contributed by atoms with van der Waals surface area (Å²) in [4.78, 5) is 12.1. The van der Waals surface area contributed by atoms with Crippen LogP contribution in [0.25, 0.3) is 0 Å². The fraction of sp³-hybridized carbons (Fsp3) is 0.412. The molecule has 1 aromatic rings. The minimum absolute atomic E-state index is 0.0846. The number of benzene rings is 1. The van der Waals surface area contributed by atoms with Crippen molar-refractivity contribution in [3.8, 4) is 11.8 Å². The first-order valence-electron chi connectivity index (χ1n) is 7.54. The van der Waals surface area contributed by atoms with E-state index in [0.717, 1.165) is 12.8 Å². The molecule has 116 valence electrons. The maximum atomic E-state index is 12.1. The summed E-state index contributed by atoms with van der Waals surface area (Å²) in [5.74, 6) is 0.309. The molecule has 1 aliphatic rings. The third-order valence-corrected chi connectivity index (χ3v) is 3.78. The molecule has 5 nitrogen and oxygen atoms in total. The molecule has 0 radical (unpaired) electrons. The van der Waals surface area contributed by atoms with E-state index in [1.54, 1.807) is 31.4 Å². The van der Waals surface area contributed by atoms with Gasteiger partial charge in [-0.2, -0.15) is 5.26 Å². The molecule has 5 heteroatoms. The van der Waals surface area contributed by atoms with E-state index in [1.807, 2.05) is 6.07 Å². The van der Waals surface area contributed by atoms with Crippen LogP contribution in [0.2, 0.25) is 0 Å². The number of anilines is 1. The molecule has 0 aromatic heterocycles. The zero-order valence-corrected chi connectivity index (χ0v) is 12.8. The standard InChI is InChI=1S/C17H21N3O2/c1-22-16-9-7-15(8-10-16)20-17(21)13(11-18)12-19-14-5-3-2-4-6-14/h7-10,12,14,19H,2-6H2,1H3,(H,20,21)/b13-12-. The van der Waals surface area contributed by atoms with Gasteiger partial charge in [0.1, 0.15) is 17.4 Å². The van der Waals surface area contributed by atoms with Crippen LogP contribution in [-0.4, -0.2) is 19.1 Å².